The van der Waals surface area contributed by atoms with Crippen molar-refractivity contribution in [2.75, 3.05) is 10.0 Å². The first-order valence-electron chi connectivity index (χ1n) is 8.52. The highest BCUT2D eigenvalue weighted by Gasteiger charge is 2.16. The number of sulfonamides is 1. The Morgan fingerprint density at radius 2 is 1.54 bits per heavy atom. The molecule has 28 heavy (non-hydrogen) atoms. The Balaban J connectivity index is 1.77. The molecule has 0 aliphatic carbocycles. The summed E-state index contributed by atoms with van der Waals surface area (Å²) in [6.07, 6.45) is 0. The molecule has 0 saturated heterocycles. The molecule has 0 unspecified atom stereocenters. The maximum atomic E-state index is 12.6. The van der Waals surface area contributed by atoms with Gasteiger partial charge < -0.3 is 5.32 Å². The van der Waals surface area contributed by atoms with Crippen molar-refractivity contribution in [1.29, 1.82) is 0 Å². The van der Waals surface area contributed by atoms with Gasteiger partial charge in [-0.15, -0.1) is 0 Å². The Morgan fingerprint density at radius 1 is 0.893 bits per heavy atom. The minimum Gasteiger partial charge on any atom is -0.322 e. The molecule has 0 saturated carbocycles. The Kier molecular flexibility index (Phi) is 6.04. The molecule has 7 heteroatoms. The van der Waals surface area contributed by atoms with Crippen molar-refractivity contribution in [1.82, 2.24) is 0 Å². The second-order valence-corrected chi connectivity index (χ2v) is 9.34. The number of nitrogens with one attached hydrogen (secondary N) is 2. The smallest absolute Gasteiger partial charge is 0.261 e. The minimum absolute atomic E-state index is 0.193. The van der Waals surface area contributed by atoms with Crippen LogP contribution in [-0.4, -0.2) is 14.3 Å². The van der Waals surface area contributed by atoms with E-state index in [9.17, 15) is 13.2 Å². The number of aryl methyl sites for hydroxylation is 2. The van der Waals surface area contributed by atoms with E-state index in [4.69, 9.17) is 0 Å². The molecule has 1 amide bonds. The molecule has 5 nitrogen and oxygen atoms in total. The van der Waals surface area contributed by atoms with Gasteiger partial charge in [-0.3, -0.25) is 9.52 Å². The molecule has 3 aromatic rings. The van der Waals surface area contributed by atoms with Gasteiger partial charge in [-0.25, -0.2) is 8.42 Å². The van der Waals surface area contributed by atoms with Crippen molar-refractivity contribution < 1.29 is 13.2 Å². The maximum absolute atomic E-state index is 12.6. The molecule has 144 valence electrons. The van der Waals surface area contributed by atoms with Gasteiger partial charge in [-0.1, -0.05) is 17.7 Å². The van der Waals surface area contributed by atoms with E-state index in [1.165, 1.54) is 0 Å². The van der Waals surface area contributed by atoms with E-state index in [-0.39, 0.29) is 10.8 Å². The number of rotatable bonds is 5. The van der Waals surface area contributed by atoms with Gasteiger partial charge in [-0.2, -0.15) is 0 Å². The van der Waals surface area contributed by atoms with E-state index in [0.717, 1.165) is 9.13 Å². The Labute approximate surface area is 178 Å². The summed E-state index contributed by atoms with van der Waals surface area (Å²) in [5, 5.41) is 2.83. The topological polar surface area (TPSA) is 75.3 Å². The average Bonchev–Trinajstić information content (AvgIpc) is 2.65. The minimum atomic E-state index is -3.69. The first kappa shape index (κ1) is 20.3. The van der Waals surface area contributed by atoms with Gasteiger partial charge in [0.1, 0.15) is 0 Å². The van der Waals surface area contributed by atoms with Gasteiger partial charge in [0.05, 0.1) is 10.6 Å². The Morgan fingerprint density at radius 3 is 2.14 bits per heavy atom. The van der Waals surface area contributed by atoms with Crippen LogP contribution in [0.3, 0.4) is 0 Å². The molecule has 0 aliphatic rings. The van der Waals surface area contributed by atoms with Gasteiger partial charge in [-0.05, 0) is 96.6 Å². The number of hydrogen-bond donors (Lipinski definition) is 2. The lowest BCUT2D eigenvalue weighted by Gasteiger charge is -2.12. The summed E-state index contributed by atoms with van der Waals surface area (Å²) in [6, 6.07) is 19.0. The molecule has 0 atom stereocenters. The summed E-state index contributed by atoms with van der Waals surface area (Å²) >= 11 is 2.20. The molecular weight excluding hydrogens is 487 g/mol. The monoisotopic (exact) mass is 506 g/mol. The summed E-state index contributed by atoms with van der Waals surface area (Å²) < 4.78 is 28.8. The number of benzene rings is 3. The number of hydrogen-bond acceptors (Lipinski definition) is 3. The maximum Gasteiger partial charge on any atom is 0.261 e. The summed E-state index contributed by atoms with van der Waals surface area (Å²) in [7, 11) is -3.69. The van der Waals surface area contributed by atoms with Crippen LogP contribution in [0.1, 0.15) is 21.5 Å². The second-order valence-electron chi connectivity index (χ2n) is 6.41. The largest absolute Gasteiger partial charge is 0.322 e. The third kappa shape index (κ3) is 4.90. The highest BCUT2D eigenvalue weighted by Crippen LogP contribution is 2.22. The molecule has 0 heterocycles. The van der Waals surface area contributed by atoms with E-state index in [1.54, 1.807) is 49.4 Å². The van der Waals surface area contributed by atoms with E-state index < -0.39 is 10.0 Å². The van der Waals surface area contributed by atoms with Crippen molar-refractivity contribution in [3.05, 3.63) is 87.0 Å². The van der Waals surface area contributed by atoms with Gasteiger partial charge in [0.25, 0.3) is 15.9 Å². The fraction of sp³-hybridized carbons (Fsp3) is 0.0952. The van der Waals surface area contributed by atoms with E-state index >= 15 is 0 Å². The van der Waals surface area contributed by atoms with Crippen molar-refractivity contribution in [2.24, 2.45) is 0 Å². The molecule has 0 spiro atoms. The van der Waals surface area contributed by atoms with E-state index in [0.29, 0.717) is 22.5 Å². The van der Waals surface area contributed by atoms with Gasteiger partial charge in [0.15, 0.2) is 0 Å². The van der Waals surface area contributed by atoms with Gasteiger partial charge in [0, 0.05) is 14.8 Å². The van der Waals surface area contributed by atoms with Crippen molar-refractivity contribution >= 4 is 49.9 Å². The third-order valence-corrected chi connectivity index (χ3v) is 6.27. The number of halogens is 1. The molecular formula is C21H19IN2O3S. The predicted octanol–water partition coefficient (Wildman–Crippen LogP) is 4.96. The van der Waals surface area contributed by atoms with Crippen LogP contribution in [0.5, 0.6) is 0 Å². The molecule has 0 radical (unpaired) electrons. The number of anilines is 2. The van der Waals surface area contributed by atoms with Crippen LogP contribution < -0.4 is 10.0 Å². The molecule has 3 aromatic carbocycles. The van der Waals surface area contributed by atoms with Crippen LogP contribution in [0.15, 0.2) is 71.6 Å². The molecule has 0 aromatic heterocycles. The zero-order valence-electron chi connectivity index (χ0n) is 15.4. The normalized spacial score (nSPS) is 11.1. The van der Waals surface area contributed by atoms with Crippen LogP contribution in [0.2, 0.25) is 0 Å². The first-order chi connectivity index (χ1) is 13.2. The predicted molar refractivity (Wildman–Crippen MR) is 120 cm³/mol. The SMILES string of the molecule is Cc1ccc(S(=O)(=O)Nc2ccc(C(=O)Nc3ccc(I)cc3)cc2C)cc1. The Bertz CT molecular complexity index is 1110. The van der Waals surface area contributed by atoms with Crippen molar-refractivity contribution in [2.45, 2.75) is 18.7 Å². The summed E-state index contributed by atoms with van der Waals surface area (Å²) in [5.41, 5.74) is 3.23. The van der Waals surface area contributed by atoms with Crippen molar-refractivity contribution in [3.63, 3.8) is 0 Å². The van der Waals surface area contributed by atoms with Crippen LogP contribution in [0, 0.1) is 17.4 Å². The van der Waals surface area contributed by atoms with Crippen LogP contribution in [-0.2, 0) is 10.0 Å². The molecule has 3 rings (SSSR count). The fourth-order valence-electron chi connectivity index (χ4n) is 2.58. The molecule has 2 N–H and O–H groups in total. The summed E-state index contributed by atoms with van der Waals surface area (Å²) in [5.74, 6) is -0.253. The molecule has 0 bridgehead atoms. The zero-order valence-corrected chi connectivity index (χ0v) is 18.3. The zero-order chi connectivity index (χ0) is 20.3. The third-order valence-electron chi connectivity index (χ3n) is 4.17. The number of carbonyl (C=O) groups is 1. The van der Waals surface area contributed by atoms with Crippen LogP contribution in [0.4, 0.5) is 11.4 Å². The van der Waals surface area contributed by atoms with Crippen LogP contribution >= 0.6 is 22.6 Å². The lowest BCUT2D eigenvalue weighted by Crippen LogP contribution is -2.15. The number of amides is 1. The Hall–Kier alpha value is -2.39. The summed E-state index contributed by atoms with van der Waals surface area (Å²) in [4.78, 5) is 12.6. The molecule has 0 fully saturated rings. The van der Waals surface area contributed by atoms with Crippen molar-refractivity contribution in [3.8, 4) is 0 Å². The van der Waals surface area contributed by atoms with E-state index in [2.05, 4.69) is 32.6 Å². The average molecular weight is 506 g/mol. The summed E-state index contributed by atoms with van der Waals surface area (Å²) in [6.45, 7) is 3.66. The second kappa shape index (κ2) is 8.32. The van der Waals surface area contributed by atoms with E-state index in [1.807, 2.05) is 31.2 Å². The van der Waals surface area contributed by atoms with Crippen LogP contribution in [0.25, 0.3) is 0 Å². The van der Waals surface area contributed by atoms with Gasteiger partial charge in [0.2, 0.25) is 0 Å². The fourth-order valence-corrected chi connectivity index (χ4v) is 4.07. The highest BCUT2D eigenvalue weighted by molar-refractivity contribution is 14.1. The number of carbonyl (C=O) groups excluding carboxylic acids is 1. The lowest BCUT2D eigenvalue weighted by molar-refractivity contribution is 0.102. The lowest BCUT2D eigenvalue weighted by atomic mass is 10.1. The molecule has 0 aliphatic heterocycles. The standard InChI is InChI=1S/C21H19IN2O3S/c1-14-3-10-19(11-4-14)28(26,27)24-20-12-5-16(13-15(20)2)21(25)23-18-8-6-17(22)7-9-18/h3-13,24H,1-2H3,(H,23,25). The van der Waals surface area contributed by atoms with Gasteiger partial charge >= 0.3 is 0 Å². The quantitative estimate of drug-likeness (QED) is 0.481. The first-order valence-corrected chi connectivity index (χ1v) is 11.1. The highest BCUT2D eigenvalue weighted by atomic mass is 127.